The van der Waals surface area contributed by atoms with E-state index in [9.17, 15) is 4.39 Å². The van der Waals surface area contributed by atoms with Gasteiger partial charge in [-0.2, -0.15) is 0 Å². The summed E-state index contributed by atoms with van der Waals surface area (Å²) >= 11 is 5.67. The van der Waals surface area contributed by atoms with Gasteiger partial charge in [-0.1, -0.05) is 30.5 Å². The van der Waals surface area contributed by atoms with E-state index in [0.29, 0.717) is 6.54 Å². The first-order valence-electron chi connectivity index (χ1n) is 5.33. The van der Waals surface area contributed by atoms with E-state index in [4.69, 9.17) is 17.3 Å². The molecule has 0 atom stereocenters. The summed E-state index contributed by atoms with van der Waals surface area (Å²) in [6.45, 7) is 0.591. The van der Waals surface area contributed by atoms with Gasteiger partial charge in [0, 0.05) is 12.0 Å². The second-order valence-corrected chi connectivity index (χ2v) is 4.73. The fourth-order valence-electron chi connectivity index (χ4n) is 2.49. The topological polar surface area (TPSA) is 26.0 Å². The van der Waals surface area contributed by atoms with Crippen LogP contribution in [0.2, 0.25) is 5.02 Å². The molecule has 2 N–H and O–H groups in total. The molecule has 0 amide bonds. The molecule has 1 aromatic carbocycles. The van der Waals surface area contributed by atoms with Gasteiger partial charge < -0.3 is 5.73 Å². The number of halogens is 2. The minimum atomic E-state index is -0.339. The van der Waals surface area contributed by atoms with Gasteiger partial charge >= 0.3 is 0 Å². The normalized spacial score (nSPS) is 19.4. The minimum absolute atomic E-state index is 0.00850. The van der Waals surface area contributed by atoms with Gasteiger partial charge in [-0.3, -0.25) is 0 Å². The van der Waals surface area contributed by atoms with Crippen LogP contribution < -0.4 is 5.73 Å². The van der Waals surface area contributed by atoms with Crippen LogP contribution in [-0.4, -0.2) is 6.54 Å². The summed E-state index contributed by atoms with van der Waals surface area (Å²) in [5.41, 5.74) is 6.83. The Labute approximate surface area is 94.4 Å². The third-order valence-corrected chi connectivity index (χ3v) is 3.79. The number of rotatable bonds is 2. The number of hydrogen-bond donors (Lipinski definition) is 1. The molecule has 82 valence electrons. The summed E-state index contributed by atoms with van der Waals surface area (Å²) in [5.74, 6) is -0.339. The predicted octanol–water partition coefficient (Wildman–Crippen LogP) is 3.25. The van der Waals surface area contributed by atoms with Gasteiger partial charge in [0.25, 0.3) is 0 Å². The predicted molar refractivity (Wildman–Crippen MR) is 60.6 cm³/mol. The molecule has 1 saturated carbocycles. The van der Waals surface area contributed by atoms with Crippen LogP contribution in [-0.2, 0) is 5.41 Å². The fraction of sp³-hybridized carbons (Fsp3) is 0.500. The van der Waals surface area contributed by atoms with Crippen molar-refractivity contribution in [2.75, 3.05) is 6.54 Å². The van der Waals surface area contributed by atoms with E-state index in [-0.39, 0.29) is 16.3 Å². The van der Waals surface area contributed by atoms with E-state index < -0.39 is 0 Å². The van der Waals surface area contributed by atoms with Crippen LogP contribution in [0.15, 0.2) is 18.2 Å². The second-order valence-electron chi connectivity index (χ2n) is 4.32. The zero-order valence-electron chi connectivity index (χ0n) is 8.60. The van der Waals surface area contributed by atoms with Gasteiger partial charge in [-0.15, -0.1) is 0 Å². The van der Waals surface area contributed by atoms with Crippen LogP contribution in [0.25, 0.3) is 0 Å². The Bertz CT molecular complexity index is 359. The first kappa shape index (κ1) is 10.9. The lowest BCUT2D eigenvalue weighted by Gasteiger charge is -2.27. The van der Waals surface area contributed by atoms with Crippen molar-refractivity contribution in [2.45, 2.75) is 31.1 Å². The molecule has 3 heteroatoms. The van der Waals surface area contributed by atoms with Gasteiger partial charge in [0.1, 0.15) is 5.82 Å². The summed E-state index contributed by atoms with van der Waals surface area (Å²) in [6, 6.07) is 5.08. The minimum Gasteiger partial charge on any atom is -0.330 e. The van der Waals surface area contributed by atoms with Crippen molar-refractivity contribution < 1.29 is 4.39 Å². The van der Waals surface area contributed by atoms with Gasteiger partial charge in [0.05, 0.1) is 5.02 Å². The Morgan fingerprint density at radius 2 is 2.00 bits per heavy atom. The number of benzene rings is 1. The summed E-state index contributed by atoms with van der Waals surface area (Å²) in [5, 5.41) is 0.184. The third-order valence-electron chi connectivity index (χ3n) is 3.48. The van der Waals surface area contributed by atoms with E-state index >= 15 is 0 Å². The molecule has 0 aromatic heterocycles. The molecule has 0 aliphatic heterocycles. The number of nitrogens with two attached hydrogens (primary N) is 1. The molecule has 1 aliphatic rings. The standard InChI is InChI=1S/C12H15ClFN/c13-10-4-3-9(7-11(10)14)12(8-15)5-1-2-6-12/h3-4,7H,1-2,5-6,8,15H2. The summed E-state index contributed by atoms with van der Waals surface area (Å²) in [4.78, 5) is 0. The van der Waals surface area contributed by atoms with E-state index in [1.807, 2.05) is 6.07 Å². The average Bonchev–Trinajstić information content (AvgIpc) is 2.72. The van der Waals surface area contributed by atoms with Crippen molar-refractivity contribution in [3.05, 3.63) is 34.6 Å². The van der Waals surface area contributed by atoms with Gasteiger partial charge in [0.15, 0.2) is 0 Å². The largest absolute Gasteiger partial charge is 0.330 e. The zero-order chi connectivity index (χ0) is 10.9. The highest BCUT2D eigenvalue weighted by atomic mass is 35.5. The van der Waals surface area contributed by atoms with Crippen LogP contribution in [0.1, 0.15) is 31.2 Å². The maximum Gasteiger partial charge on any atom is 0.142 e. The lowest BCUT2D eigenvalue weighted by atomic mass is 9.79. The maximum atomic E-state index is 13.4. The first-order valence-corrected chi connectivity index (χ1v) is 5.71. The Morgan fingerprint density at radius 1 is 1.33 bits per heavy atom. The molecule has 0 spiro atoms. The average molecular weight is 228 g/mol. The molecule has 0 heterocycles. The van der Waals surface area contributed by atoms with Crippen LogP contribution in [0, 0.1) is 5.82 Å². The molecular formula is C12H15ClFN. The quantitative estimate of drug-likeness (QED) is 0.825. The van der Waals surface area contributed by atoms with Crippen LogP contribution in [0.4, 0.5) is 4.39 Å². The van der Waals surface area contributed by atoms with E-state index in [0.717, 1.165) is 18.4 Å². The smallest absolute Gasteiger partial charge is 0.142 e. The molecule has 1 aromatic rings. The van der Waals surface area contributed by atoms with Crippen molar-refractivity contribution in [3.63, 3.8) is 0 Å². The van der Waals surface area contributed by atoms with Crippen LogP contribution in [0.3, 0.4) is 0 Å². The fourth-order valence-corrected chi connectivity index (χ4v) is 2.61. The molecule has 0 saturated heterocycles. The SMILES string of the molecule is NCC1(c2ccc(Cl)c(F)c2)CCCC1. The van der Waals surface area contributed by atoms with Crippen molar-refractivity contribution in [1.82, 2.24) is 0 Å². The Morgan fingerprint density at radius 3 is 2.53 bits per heavy atom. The monoisotopic (exact) mass is 227 g/mol. The van der Waals surface area contributed by atoms with Crippen molar-refractivity contribution >= 4 is 11.6 Å². The summed E-state index contributed by atoms with van der Waals surface area (Å²) in [6.07, 6.45) is 4.48. The van der Waals surface area contributed by atoms with Gasteiger partial charge in [-0.25, -0.2) is 4.39 Å². The molecule has 0 unspecified atom stereocenters. The molecule has 1 nitrogen and oxygen atoms in total. The van der Waals surface area contributed by atoms with Crippen LogP contribution >= 0.6 is 11.6 Å². The summed E-state index contributed by atoms with van der Waals surface area (Å²) < 4.78 is 13.4. The Hall–Kier alpha value is -0.600. The molecule has 0 radical (unpaired) electrons. The first-order chi connectivity index (χ1) is 7.18. The van der Waals surface area contributed by atoms with Gasteiger partial charge in [-0.05, 0) is 30.5 Å². The van der Waals surface area contributed by atoms with E-state index in [1.54, 1.807) is 12.1 Å². The van der Waals surface area contributed by atoms with E-state index in [1.165, 1.54) is 12.8 Å². The molecule has 2 rings (SSSR count). The van der Waals surface area contributed by atoms with Gasteiger partial charge in [0.2, 0.25) is 0 Å². The maximum absolute atomic E-state index is 13.4. The molecule has 1 aliphatic carbocycles. The second kappa shape index (κ2) is 4.11. The Balaban J connectivity index is 2.38. The Kier molecular flexibility index (Phi) is 2.98. The number of hydrogen-bond acceptors (Lipinski definition) is 1. The van der Waals surface area contributed by atoms with E-state index in [2.05, 4.69) is 0 Å². The van der Waals surface area contributed by atoms with Crippen molar-refractivity contribution in [2.24, 2.45) is 5.73 Å². The van der Waals surface area contributed by atoms with Crippen molar-refractivity contribution in [3.8, 4) is 0 Å². The summed E-state index contributed by atoms with van der Waals surface area (Å²) in [7, 11) is 0. The highest BCUT2D eigenvalue weighted by molar-refractivity contribution is 6.30. The molecule has 0 bridgehead atoms. The third kappa shape index (κ3) is 1.88. The molecule has 15 heavy (non-hydrogen) atoms. The zero-order valence-corrected chi connectivity index (χ0v) is 9.36. The molecule has 1 fully saturated rings. The lowest BCUT2D eigenvalue weighted by Crippen LogP contribution is -2.32. The molecular weight excluding hydrogens is 213 g/mol. The van der Waals surface area contributed by atoms with Crippen LogP contribution in [0.5, 0.6) is 0 Å². The highest BCUT2D eigenvalue weighted by Crippen LogP contribution is 2.40. The lowest BCUT2D eigenvalue weighted by molar-refractivity contribution is 0.449. The highest BCUT2D eigenvalue weighted by Gasteiger charge is 2.34. The van der Waals surface area contributed by atoms with Crippen molar-refractivity contribution in [1.29, 1.82) is 0 Å².